The van der Waals surface area contributed by atoms with Crippen LogP contribution in [0.4, 0.5) is 0 Å². The van der Waals surface area contributed by atoms with Crippen molar-refractivity contribution < 1.29 is 4.42 Å². The van der Waals surface area contributed by atoms with Crippen molar-refractivity contribution in [2.45, 2.75) is 0 Å². The number of hydrogen-bond donors (Lipinski definition) is 0. The summed E-state index contributed by atoms with van der Waals surface area (Å²) < 4.78 is 6.20. The zero-order valence-corrected chi connectivity index (χ0v) is 29.7. The Bertz CT molecular complexity index is 2920. The van der Waals surface area contributed by atoms with Gasteiger partial charge in [-0.05, 0) is 80.6 Å². The van der Waals surface area contributed by atoms with Gasteiger partial charge in [-0.25, -0.2) is 15.0 Å². The van der Waals surface area contributed by atoms with Gasteiger partial charge in [0.25, 0.3) is 0 Å². The fraction of sp³-hybridized carbons (Fsp3) is 0. The van der Waals surface area contributed by atoms with Crippen molar-refractivity contribution in [3.63, 3.8) is 0 Å². The largest absolute Gasteiger partial charge is 0.435 e. The molecule has 5 nitrogen and oxygen atoms in total. The Morgan fingerprint density at radius 3 is 1.80 bits per heavy atom. The van der Waals surface area contributed by atoms with Crippen LogP contribution in [0.25, 0.3) is 101 Å². The van der Waals surface area contributed by atoms with E-state index in [2.05, 4.69) is 132 Å². The first-order chi connectivity index (χ1) is 27.2. The lowest BCUT2D eigenvalue weighted by Gasteiger charge is -2.18. The third kappa shape index (κ3) is 6.14. The summed E-state index contributed by atoms with van der Waals surface area (Å²) in [5.74, 6) is 1.18. The molecule has 0 aliphatic rings. The molecule has 0 aliphatic heterocycles. The molecule has 0 atom stereocenters. The van der Waals surface area contributed by atoms with E-state index < -0.39 is 0 Å². The van der Waals surface area contributed by atoms with Crippen LogP contribution in [-0.2, 0) is 0 Å². The summed E-state index contributed by atoms with van der Waals surface area (Å²) in [5.41, 5.74) is 13.6. The molecule has 0 fully saturated rings. The number of pyridine rings is 1. The molecule has 7 aromatic carbocycles. The molecule has 0 radical (unpaired) electrons. The molecule has 0 spiro atoms. The Labute approximate surface area is 318 Å². The summed E-state index contributed by atoms with van der Waals surface area (Å²) in [5, 5.41) is 2.32. The van der Waals surface area contributed by atoms with Crippen molar-refractivity contribution in [3.8, 4) is 78.9 Å². The van der Waals surface area contributed by atoms with Gasteiger partial charge in [0.15, 0.2) is 11.4 Å². The molecule has 5 heteroatoms. The number of benzene rings is 7. The van der Waals surface area contributed by atoms with E-state index in [1.54, 1.807) is 6.20 Å². The number of hydrogen-bond acceptors (Lipinski definition) is 5. The van der Waals surface area contributed by atoms with Crippen LogP contribution in [0.2, 0.25) is 0 Å². The van der Waals surface area contributed by atoms with E-state index in [0.717, 1.165) is 83.3 Å². The molecule has 0 amide bonds. The number of oxazole rings is 1. The molecule has 10 rings (SSSR count). The SMILES string of the molecule is c1ccc(-c2cc(-c3ccccc3)nc(-c3ccccc3-c3c(-c4cccc(-c5ccc6nc(-c7ccccn7)oc6c5)c4)ccc4ccccc34)n2)cc1. The molecule has 0 bridgehead atoms. The third-order valence-electron chi connectivity index (χ3n) is 10.0. The number of nitrogens with zero attached hydrogens (tertiary/aromatic N) is 4. The topological polar surface area (TPSA) is 64.7 Å². The molecule has 0 aliphatic carbocycles. The lowest BCUT2D eigenvalue weighted by atomic mass is 9.86. The first-order valence-corrected chi connectivity index (χ1v) is 18.3. The number of rotatable bonds is 7. The predicted molar refractivity (Wildman–Crippen MR) is 223 cm³/mol. The second kappa shape index (κ2) is 13.8. The quantitative estimate of drug-likeness (QED) is 0.165. The van der Waals surface area contributed by atoms with E-state index in [-0.39, 0.29) is 0 Å². The summed E-state index contributed by atoms with van der Waals surface area (Å²) in [6, 6.07) is 64.9. The zero-order valence-electron chi connectivity index (χ0n) is 29.7. The molecule has 0 unspecified atom stereocenters. The van der Waals surface area contributed by atoms with E-state index >= 15 is 0 Å². The van der Waals surface area contributed by atoms with Crippen LogP contribution in [0, 0.1) is 0 Å². The van der Waals surface area contributed by atoms with Crippen LogP contribution in [0.3, 0.4) is 0 Å². The van der Waals surface area contributed by atoms with Crippen molar-refractivity contribution in [2.75, 3.05) is 0 Å². The summed E-state index contributed by atoms with van der Waals surface area (Å²) in [7, 11) is 0. The molecular formula is C50H32N4O. The second-order valence-corrected chi connectivity index (χ2v) is 13.4. The van der Waals surface area contributed by atoms with Gasteiger partial charge in [-0.3, -0.25) is 4.98 Å². The maximum Gasteiger partial charge on any atom is 0.246 e. The first-order valence-electron chi connectivity index (χ1n) is 18.3. The van der Waals surface area contributed by atoms with Crippen LogP contribution >= 0.6 is 0 Å². The Kier molecular flexibility index (Phi) is 8.08. The van der Waals surface area contributed by atoms with Crippen LogP contribution < -0.4 is 0 Å². The summed E-state index contributed by atoms with van der Waals surface area (Å²) in [6.07, 6.45) is 1.75. The van der Waals surface area contributed by atoms with Gasteiger partial charge in [-0.1, -0.05) is 152 Å². The van der Waals surface area contributed by atoms with Gasteiger partial charge in [-0.2, -0.15) is 0 Å². The van der Waals surface area contributed by atoms with Gasteiger partial charge in [0, 0.05) is 22.9 Å². The molecule has 0 saturated heterocycles. The normalized spacial score (nSPS) is 11.3. The minimum atomic E-state index is 0.509. The Morgan fingerprint density at radius 2 is 1.04 bits per heavy atom. The van der Waals surface area contributed by atoms with Crippen molar-refractivity contribution in [2.24, 2.45) is 0 Å². The fourth-order valence-electron chi connectivity index (χ4n) is 7.35. The van der Waals surface area contributed by atoms with Gasteiger partial charge in [0.1, 0.15) is 11.2 Å². The highest BCUT2D eigenvalue weighted by Gasteiger charge is 2.19. The van der Waals surface area contributed by atoms with Gasteiger partial charge < -0.3 is 4.42 Å². The van der Waals surface area contributed by atoms with Gasteiger partial charge in [0.2, 0.25) is 5.89 Å². The molecule has 3 heterocycles. The van der Waals surface area contributed by atoms with E-state index in [4.69, 9.17) is 19.4 Å². The Morgan fingerprint density at radius 1 is 0.382 bits per heavy atom. The van der Waals surface area contributed by atoms with Gasteiger partial charge >= 0.3 is 0 Å². The smallest absolute Gasteiger partial charge is 0.246 e. The minimum Gasteiger partial charge on any atom is -0.435 e. The summed E-state index contributed by atoms with van der Waals surface area (Å²) in [6.45, 7) is 0. The average molecular weight is 705 g/mol. The standard InChI is InChI=1S/C50H32N4O/c1-3-15-34(16-4-1)45-32-46(35-17-5-2-6-18-35)53-49(52-45)42-23-10-9-22-41(42)48-39-21-8-7-14-33(39)25-27-40(48)38-20-13-19-36(30-38)37-26-28-43-47(31-37)55-50(54-43)44-24-11-12-29-51-44/h1-32H. The van der Waals surface area contributed by atoms with E-state index in [1.807, 2.05) is 60.7 Å². The molecule has 258 valence electrons. The lowest BCUT2D eigenvalue weighted by molar-refractivity contribution is 0.617. The maximum absolute atomic E-state index is 6.20. The van der Waals surface area contributed by atoms with Crippen LogP contribution in [0.1, 0.15) is 0 Å². The Balaban J connectivity index is 1.13. The number of fused-ring (bicyclic) bond motifs is 2. The van der Waals surface area contributed by atoms with Crippen LogP contribution in [-0.4, -0.2) is 19.9 Å². The highest BCUT2D eigenvalue weighted by molar-refractivity contribution is 6.07. The molecule has 0 saturated carbocycles. The summed E-state index contributed by atoms with van der Waals surface area (Å²) >= 11 is 0. The minimum absolute atomic E-state index is 0.509. The predicted octanol–water partition coefficient (Wildman–Crippen LogP) is 12.8. The van der Waals surface area contributed by atoms with Crippen molar-refractivity contribution in [1.29, 1.82) is 0 Å². The maximum atomic E-state index is 6.20. The molecular weight excluding hydrogens is 673 g/mol. The van der Waals surface area contributed by atoms with E-state index in [9.17, 15) is 0 Å². The first kappa shape index (κ1) is 32.2. The summed E-state index contributed by atoms with van der Waals surface area (Å²) in [4.78, 5) is 19.6. The van der Waals surface area contributed by atoms with Gasteiger partial charge in [-0.15, -0.1) is 0 Å². The van der Waals surface area contributed by atoms with Crippen LogP contribution in [0.15, 0.2) is 199 Å². The molecule has 10 aromatic rings. The van der Waals surface area contributed by atoms with Crippen molar-refractivity contribution in [3.05, 3.63) is 194 Å². The fourth-order valence-corrected chi connectivity index (χ4v) is 7.35. The highest BCUT2D eigenvalue weighted by atomic mass is 16.3. The molecule has 3 aromatic heterocycles. The van der Waals surface area contributed by atoms with Gasteiger partial charge in [0.05, 0.1) is 11.4 Å². The Hall–Kier alpha value is -7.50. The van der Waals surface area contributed by atoms with Crippen molar-refractivity contribution in [1.82, 2.24) is 19.9 Å². The van der Waals surface area contributed by atoms with E-state index in [0.29, 0.717) is 17.4 Å². The monoisotopic (exact) mass is 704 g/mol. The number of aromatic nitrogens is 4. The average Bonchev–Trinajstić information content (AvgIpc) is 3.71. The lowest BCUT2D eigenvalue weighted by Crippen LogP contribution is -1.98. The molecule has 55 heavy (non-hydrogen) atoms. The second-order valence-electron chi connectivity index (χ2n) is 13.4. The van der Waals surface area contributed by atoms with Crippen molar-refractivity contribution >= 4 is 21.9 Å². The third-order valence-corrected chi connectivity index (χ3v) is 10.0. The molecule has 0 N–H and O–H groups in total. The van der Waals surface area contributed by atoms with Crippen LogP contribution in [0.5, 0.6) is 0 Å². The highest BCUT2D eigenvalue weighted by Crippen LogP contribution is 2.43. The van der Waals surface area contributed by atoms with E-state index in [1.165, 1.54) is 0 Å². The zero-order chi connectivity index (χ0) is 36.6.